The highest BCUT2D eigenvalue weighted by Gasteiger charge is 2.22. The number of imidazole rings is 1. The van der Waals surface area contributed by atoms with Crippen LogP contribution in [0, 0.1) is 0 Å². The van der Waals surface area contributed by atoms with E-state index in [0.717, 1.165) is 11.0 Å². The van der Waals surface area contributed by atoms with Crippen LogP contribution in [-0.4, -0.2) is 59.3 Å². The average Bonchev–Trinajstić information content (AvgIpc) is 3.40. The van der Waals surface area contributed by atoms with Gasteiger partial charge in [-0.1, -0.05) is 18.2 Å². The molecule has 0 aliphatic carbocycles. The van der Waals surface area contributed by atoms with E-state index in [0.29, 0.717) is 40.1 Å². The first-order valence-corrected chi connectivity index (χ1v) is 11.7. The van der Waals surface area contributed by atoms with E-state index in [2.05, 4.69) is 25.3 Å². The van der Waals surface area contributed by atoms with Gasteiger partial charge in [0.1, 0.15) is 6.33 Å². The minimum atomic E-state index is -0.471. The van der Waals surface area contributed by atoms with E-state index in [-0.39, 0.29) is 11.9 Å². The molecule has 0 unspecified atom stereocenters. The summed E-state index contributed by atoms with van der Waals surface area (Å²) in [6.45, 7) is 0. The minimum absolute atomic E-state index is 0.250. The van der Waals surface area contributed by atoms with Crippen molar-refractivity contribution in [1.82, 2.24) is 24.9 Å². The molecule has 0 aliphatic heterocycles. The molecule has 2 aromatic heterocycles. The zero-order valence-corrected chi connectivity index (χ0v) is 21.6. The van der Waals surface area contributed by atoms with Crippen molar-refractivity contribution >= 4 is 46.2 Å². The van der Waals surface area contributed by atoms with Gasteiger partial charge in [-0.15, -0.1) is 0 Å². The number of nitrogens with zero attached hydrogens (tertiary/aromatic N) is 5. The quantitative estimate of drug-likeness (QED) is 0.256. The van der Waals surface area contributed by atoms with Gasteiger partial charge in [0.2, 0.25) is 23.6 Å². The number of esters is 1. The standard InChI is InChI=1S/C27H25N7O5/c1-36-21-13-17(14-22(37-2)23(21)38-3)30-25-28-15-29-26(33-25)34(18-9-7-8-16(12-18)24(35)39-4)27-31-19-10-5-6-11-20(19)32-27/h5-15H,1-4H3,(H,31,32)(H,28,29,30,33). The normalized spacial score (nSPS) is 10.7. The number of carbonyl (C=O) groups is 1. The molecule has 0 radical (unpaired) electrons. The number of hydrogen-bond acceptors (Lipinski definition) is 11. The highest BCUT2D eigenvalue weighted by atomic mass is 16.5. The summed E-state index contributed by atoms with van der Waals surface area (Å²) in [5.74, 6) is 1.88. The Morgan fingerprint density at radius 2 is 1.64 bits per heavy atom. The zero-order chi connectivity index (χ0) is 27.4. The Kier molecular flexibility index (Phi) is 7.08. The first-order valence-electron chi connectivity index (χ1n) is 11.7. The molecule has 0 aliphatic rings. The number of carbonyl (C=O) groups excluding carboxylic acids is 1. The Labute approximate surface area is 223 Å². The summed E-state index contributed by atoms with van der Waals surface area (Å²) in [6.07, 6.45) is 1.38. The molecule has 12 heteroatoms. The molecule has 5 aromatic rings. The van der Waals surface area contributed by atoms with Crippen molar-refractivity contribution < 1.29 is 23.7 Å². The molecular formula is C27H25N7O5. The van der Waals surface area contributed by atoms with Crippen LogP contribution in [0.15, 0.2) is 67.0 Å². The van der Waals surface area contributed by atoms with Gasteiger partial charge in [0.25, 0.3) is 0 Å². The highest BCUT2D eigenvalue weighted by Crippen LogP contribution is 2.40. The van der Waals surface area contributed by atoms with Crippen molar-refractivity contribution in [2.45, 2.75) is 0 Å². The van der Waals surface area contributed by atoms with Gasteiger partial charge in [-0.05, 0) is 30.3 Å². The third-order valence-electron chi connectivity index (χ3n) is 5.79. The molecule has 5 rings (SSSR count). The maximum Gasteiger partial charge on any atom is 0.337 e. The zero-order valence-electron chi connectivity index (χ0n) is 21.6. The van der Waals surface area contributed by atoms with Gasteiger partial charge in [0.05, 0.1) is 50.7 Å². The topological polar surface area (TPSA) is 137 Å². The Bertz CT molecular complexity index is 1580. The first-order chi connectivity index (χ1) is 19.0. The van der Waals surface area contributed by atoms with Crippen LogP contribution in [0.25, 0.3) is 11.0 Å². The number of methoxy groups -OCH3 is 4. The van der Waals surface area contributed by atoms with Gasteiger partial charge in [-0.25, -0.2) is 24.6 Å². The fraction of sp³-hybridized carbons (Fsp3) is 0.148. The van der Waals surface area contributed by atoms with Gasteiger partial charge in [-0.3, -0.25) is 0 Å². The van der Waals surface area contributed by atoms with Gasteiger partial charge >= 0.3 is 5.97 Å². The lowest BCUT2D eigenvalue weighted by atomic mass is 10.2. The molecule has 0 fully saturated rings. The molecule has 0 bridgehead atoms. The lowest BCUT2D eigenvalue weighted by Gasteiger charge is -2.21. The summed E-state index contributed by atoms with van der Waals surface area (Å²) < 4.78 is 21.2. The van der Waals surface area contributed by atoms with E-state index in [1.165, 1.54) is 34.8 Å². The summed E-state index contributed by atoms with van der Waals surface area (Å²) >= 11 is 0. The number of hydrogen-bond donors (Lipinski definition) is 2. The number of anilines is 5. The molecule has 0 saturated heterocycles. The van der Waals surface area contributed by atoms with Crippen molar-refractivity contribution in [3.8, 4) is 17.2 Å². The summed E-state index contributed by atoms with van der Waals surface area (Å²) in [5.41, 5.74) is 3.13. The Balaban J connectivity index is 1.58. The van der Waals surface area contributed by atoms with Gasteiger partial charge in [-0.2, -0.15) is 4.98 Å². The third kappa shape index (κ3) is 5.07. The Morgan fingerprint density at radius 1 is 0.872 bits per heavy atom. The Morgan fingerprint density at radius 3 is 2.33 bits per heavy atom. The number of ether oxygens (including phenoxy) is 4. The van der Waals surface area contributed by atoms with Crippen LogP contribution in [-0.2, 0) is 4.74 Å². The second-order valence-electron chi connectivity index (χ2n) is 8.10. The molecule has 2 heterocycles. The number of aromatic amines is 1. The lowest BCUT2D eigenvalue weighted by Crippen LogP contribution is -2.16. The van der Waals surface area contributed by atoms with Crippen molar-refractivity contribution in [3.05, 3.63) is 72.6 Å². The van der Waals surface area contributed by atoms with E-state index < -0.39 is 5.97 Å². The molecule has 3 aromatic carbocycles. The Hall–Kier alpha value is -5.39. The van der Waals surface area contributed by atoms with E-state index in [9.17, 15) is 4.79 Å². The molecule has 0 spiro atoms. The summed E-state index contributed by atoms with van der Waals surface area (Å²) in [7, 11) is 5.94. The van der Waals surface area contributed by atoms with Crippen LogP contribution >= 0.6 is 0 Å². The number of nitrogens with one attached hydrogen (secondary N) is 2. The van der Waals surface area contributed by atoms with E-state index >= 15 is 0 Å². The number of fused-ring (bicyclic) bond motifs is 1. The average molecular weight is 528 g/mol. The van der Waals surface area contributed by atoms with E-state index in [1.807, 2.05) is 30.3 Å². The monoisotopic (exact) mass is 527 g/mol. The first kappa shape index (κ1) is 25.3. The number of rotatable bonds is 9. The molecule has 12 nitrogen and oxygen atoms in total. The van der Waals surface area contributed by atoms with Gasteiger partial charge in [0.15, 0.2) is 11.5 Å². The fourth-order valence-electron chi connectivity index (χ4n) is 4.01. The fourth-order valence-corrected chi connectivity index (χ4v) is 4.01. The van der Waals surface area contributed by atoms with Crippen LogP contribution in [0.2, 0.25) is 0 Å². The summed E-state index contributed by atoms with van der Waals surface area (Å²) in [4.78, 5) is 35.3. The number of para-hydroxylation sites is 2. The van der Waals surface area contributed by atoms with Crippen molar-refractivity contribution in [3.63, 3.8) is 0 Å². The van der Waals surface area contributed by atoms with Gasteiger partial charge in [0, 0.05) is 17.8 Å². The second kappa shape index (κ2) is 10.9. The van der Waals surface area contributed by atoms with Crippen molar-refractivity contribution in [2.24, 2.45) is 0 Å². The molecule has 0 amide bonds. The smallest absolute Gasteiger partial charge is 0.337 e. The second-order valence-corrected chi connectivity index (χ2v) is 8.10. The number of benzene rings is 3. The van der Waals surface area contributed by atoms with Crippen LogP contribution in [0.1, 0.15) is 10.4 Å². The van der Waals surface area contributed by atoms with Crippen LogP contribution in [0.3, 0.4) is 0 Å². The third-order valence-corrected chi connectivity index (χ3v) is 5.79. The van der Waals surface area contributed by atoms with E-state index in [1.54, 1.807) is 35.2 Å². The molecular weight excluding hydrogens is 502 g/mol. The van der Waals surface area contributed by atoms with E-state index in [4.69, 9.17) is 23.9 Å². The molecule has 198 valence electrons. The van der Waals surface area contributed by atoms with Crippen LogP contribution in [0.4, 0.5) is 29.2 Å². The van der Waals surface area contributed by atoms with Crippen LogP contribution < -0.4 is 24.4 Å². The summed E-state index contributed by atoms with van der Waals surface area (Å²) in [5, 5.41) is 3.16. The van der Waals surface area contributed by atoms with Crippen molar-refractivity contribution in [1.29, 1.82) is 0 Å². The summed E-state index contributed by atoms with van der Waals surface area (Å²) in [6, 6.07) is 18.0. The highest BCUT2D eigenvalue weighted by molar-refractivity contribution is 5.91. The predicted molar refractivity (Wildman–Crippen MR) is 145 cm³/mol. The molecule has 0 saturated carbocycles. The largest absolute Gasteiger partial charge is 0.493 e. The molecule has 39 heavy (non-hydrogen) atoms. The van der Waals surface area contributed by atoms with Crippen LogP contribution in [0.5, 0.6) is 17.2 Å². The molecule has 2 N–H and O–H groups in total. The molecule has 0 atom stereocenters. The predicted octanol–water partition coefficient (Wildman–Crippen LogP) is 4.77. The SMILES string of the molecule is COC(=O)c1cccc(N(c2ncnc(Nc3cc(OC)c(OC)c(OC)c3)n2)c2nc3ccccc3[nH]2)c1. The van der Waals surface area contributed by atoms with Crippen molar-refractivity contribution in [2.75, 3.05) is 38.7 Å². The maximum absolute atomic E-state index is 12.3. The number of H-pyrrole nitrogens is 1. The lowest BCUT2D eigenvalue weighted by molar-refractivity contribution is 0.0600. The van der Waals surface area contributed by atoms with Gasteiger partial charge < -0.3 is 29.2 Å². The maximum atomic E-state index is 12.3. The minimum Gasteiger partial charge on any atom is -0.493 e. The number of aromatic nitrogens is 5.